The van der Waals surface area contributed by atoms with E-state index in [1.807, 2.05) is 25.6 Å². The van der Waals surface area contributed by atoms with Crippen molar-refractivity contribution in [3.05, 3.63) is 39.4 Å². The van der Waals surface area contributed by atoms with Gasteiger partial charge in [0.05, 0.1) is 22.3 Å². The van der Waals surface area contributed by atoms with Gasteiger partial charge in [-0.2, -0.15) is 0 Å². The van der Waals surface area contributed by atoms with E-state index >= 15 is 0 Å². The third-order valence-electron chi connectivity index (χ3n) is 2.87. The Kier molecular flexibility index (Phi) is 4.09. The lowest BCUT2D eigenvalue weighted by molar-refractivity contribution is 0.629. The zero-order valence-electron chi connectivity index (χ0n) is 11.5. The molecule has 1 aromatic heterocycles. The summed E-state index contributed by atoms with van der Waals surface area (Å²) in [5.41, 5.74) is 0.570. The first-order chi connectivity index (χ1) is 9.43. The number of fused-ring (bicyclic) bond motifs is 1. The summed E-state index contributed by atoms with van der Waals surface area (Å²) in [6.45, 7) is 2.56. The van der Waals surface area contributed by atoms with Gasteiger partial charge in [-0.05, 0) is 19.1 Å². The molecule has 0 aliphatic heterocycles. The Morgan fingerprint density at radius 2 is 2.15 bits per heavy atom. The summed E-state index contributed by atoms with van der Waals surface area (Å²) in [7, 11) is 3.62. The average Bonchev–Trinajstić information content (AvgIpc) is 2.40. The van der Waals surface area contributed by atoms with Crippen LogP contribution in [-0.2, 0) is 6.54 Å². The fourth-order valence-electron chi connectivity index (χ4n) is 1.90. The molecule has 6 heteroatoms. The fraction of sp³-hybridized carbons (Fsp3) is 0.286. The van der Waals surface area contributed by atoms with E-state index in [4.69, 9.17) is 11.6 Å². The largest absolute Gasteiger partial charge is 0.369 e. The van der Waals surface area contributed by atoms with Gasteiger partial charge in [0.15, 0.2) is 0 Å². The van der Waals surface area contributed by atoms with Gasteiger partial charge in [0.2, 0.25) is 5.43 Å². The Morgan fingerprint density at radius 1 is 1.45 bits per heavy atom. The zero-order valence-corrected chi connectivity index (χ0v) is 12.3. The summed E-state index contributed by atoms with van der Waals surface area (Å²) in [6, 6.07) is 2.64. The van der Waals surface area contributed by atoms with Crippen LogP contribution in [0.15, 0.2) is 28.1 Å². The lowest BCUT2D eigenvalue weighted by atomic mass is 10.2. The van der Waals surface area contributed by atoms with Gasteiger partial charge in [-0.3, -0.25) is 4.79 Å². The maximum absolute atomic E-state index is 13.6. The number of nitrogens with zero attached hydrogens (tertiary/aromatic N) is 3. The molecule has 0 radical (unpaired) electrons. The molecule has 4 nitrogen and oxygen atoms in total. The third-order valence-corrected chi connectivity index (χ3v) is 3.16. The average molecular weight is 296 g/mol. The molecular formula is C14H15ClFN3O. The first-order valence-corrected chi connectivity index (χ1v) is 6.54. The molecule has 0 aliphatic carbocycles. The van der Waals surface area contributed by atoms with E-state index in [9.17, 15) is 9.18 Å². The Morgan fingerprint density at radius 3 is 2.75 bits per heavy atom. The second-order valence-electron chi connectivity index (χ2n) is 4.62. The van der Waals surface area contributed by atoms with Crippen LogP contribution in [0.4, 0.5) is 10.1 Å². The maximum Gasteiger partial charge on any atom is 0.215 e. The minimum atomic E-state index is -0.604. The SMILES string of the molecule is CCn1cc(N=CN(C)C)c(=O)c2cc(F)c(Cl)cc21. The predicted molar refractivity (Wildman–Crippen MR) is 80.7 cm³/mol. The van der Waals surface area contributed by atoms with Crippen molar-refractivity contribution >= 4 is 34.5 Å². The normalized spacial score (nSPS) is 11.4. The van der Waals surface area contributed by atoms with E-state index in [1.165, 1.54) is 18.5 Å². The number of aryl methyl sites for hydroxylation is 1. The highest BCUT2D eigenvalue weighted by atomic mass is 35.5. The molecule has 0 spiro atoms. The highest BCUT2D eigenvalue weighted by molar-refractivity contribution is 6.31. The van der Waals surface area contributed by atoms with Crippen molar-refractivity contribution < 1.29 is 4.39 Å². The number of aromatic nitrogens is 1. The molecule has 0 N–H and O–H groups in total. The van der Waals surface area contributed by atoms with Gasteiger partial charge in [-0.15, -0.1) is 0 Å². The number of hydrogen-bond donors (Lipinski definition) is 0. The molecule has 0 aliphatic rings. The quantitative estimate of drug-likeness (QED) is 0.645. The van der Waals surface area contributed by atoms with Crippen molar-refractivity contribution in [3.8, 4) is 0 Å². The van der Waals surface area contributed by atoms with Crippen LogP contribution >= 0.6 is 11.6 Å². The van der Waals surface area contributed by atoms with Crippen LogP contribution in [0.3, 0.4) is 0 Å². The van der Waals surface area contributed by atoms with Crippen LogP contribution < -0.4 is 5.43 Å². The van der Waals surface area contributed by atoms with Crippen molar-refractivity contribution in [2.45, 2.75) is 13.5 Å². The molecule has 0 unspecified atom stereocenters. The summed E-state index contributed by atoms with van der Waals surface area (Å²) in [4.78, 5) is 18.2. The Labute approximate surface area is 121 Å². The van der Waals surface area contributed by atoms with Crippen LogP contribution in [0.2, 0.25) is 5.02 Å². The van der Waals surface area contributed by atoms with Crippen LogP contribution in [0.25, 0.3) is 10.9 Å². The van der Waals surface area contributed by atoms with Crippen LogP contribution in [0.5, 0.6) is 0 Å². The van der Waals surface area contributed by atoms with Gasteiger partial charge < -0.3 is 9.47 Å². The van der Waals surface area contributed by atoms with Gasteiger partial charge in [0, 0.05) is 26.8 Å². The predicted octanol–water partition coefficient (Wildman–Crippen LogP) is 3.04. The Bertz CT molecular complexity index is 737. The van der Waals surface area contributed by atoms with Crippen molar-refractivity contribution in [1.82, 2.24) is 9.47 Å². The van der Waals surface area contributed by atoms with E-state index in [2.05, 4.69) is 4.99 Å². The fourth-order valence-corrected chi connectivity index (χ4v) is 2.06. The summed E-state index contributed by atoms with van der Waals surface area (Å²) >= 11 is 5.78. The Balaban J connectivity index is 2.78. The van der Waals surface area contributed by atoms with Gasteiger partial charge in [0.25, 0.3) is 0 Å². The van der Waals surface area contributed by atoms with Crippen molar-refractivity contribution in [1.29, 1.82) is 0 Å². The smallest absolute Gasteiger partial charge is 0.215 e. The number of rotatable bonds is 3. The van der Waals surface area contributed by atoms with Gasteiger partial charge in [-0.1, -0.05) is 11.6 Å². The zero-order chi connectivity index (χ0) is 14.9. The van der Waals surface area contributed by atoms with Crippen molar-refractivity contribution in [3.63, 3.8) is 0 Å². The monoisotopic (exact) mass is 295 g/mol. The molecule has 0 amide bonds. The topological polar surface area (TPSA) is 37.6 Å². The summed E-state index contributed by atoms with van der Waals surface area (Å²) in [5.74, 6) is -0.604. The highest BCUT2D eigenvalue weighted by Crippen LogP contribution is 2.23. The molecule has 0 bridgehead atoms. The van der Waals surface area contributed by atoms with Crippen LogP contribution in [0, 0.1) is 5.82 Å². The minimum Gasteiger partial charge on any atom is -0.369 e. The van der Waals surface area contributed by atoms with Crippen LogP contribution in [-0.4, -0.2) is 29.9 Å². The molecule has 1 aromatic carbocycles. The molecule has 0 saturated heterocycles. The molecule has 106 valence electrons. The second kappa shape index (κ2) is 5.63. The van der Waals surface area contributed by atoms with Crippen molar-refractivity contribution in [2.75, 3.05) is 14.1 Å². The molecule has 2 rings (SSSR count). The summed E-state index contributed by atoms with van der Waals surface area (Å²) in [5, 5.41) is 0.283. The molecule has 0 fully saturated rings. The third kappa shape index (κ3) is 2.67. The van der Waals surface area contributed by atoms with Gasteiger partial charge >= 0.3 is 0 Å². The lowest BCUT2D eigenvalue weighted by Crippen LogP contribution is -2.11. The second-order valence-corrected chi connectivity index (χ2v) is 5.03. The first kappa shape index (κ1) is 14.5. The molecule has 1 heterocycles. The van der Waals surface area contributed by atoms with Crippen LogP contribution in [0.1, 0.15) is 6.92 Å². The number of pyridine rings is 1. The summed E-state index contributed by atoms with van der Waals surface area (Å²) in [6.07, 6.45) is 3.19. The van der Waals surface area contributed by atoms with E-state index in [0.29, 0.717) is 12.1 Å². The van der Waals surface area contributed by atoms with E-state index in [-0.39, 0.29) is 21.5 Å². The lowest BCUT2D eigenvalue weighted by Gasteiger charge is -2.11. The van der Waals surface area contributed by atoms with E-state index in [1.54, 1.807) is 11.1 Å². The number of halogens is 2. The highest BCUT2D eigenvalue weighted by Gasteiger charge is 2.11. The number of benzene rings is 1. The number of hydrogen-bond acceptors (Lipinski definition) is 2. The Hall–Kier alpha value is -1.88. The number of aliphatic imine (C=N–C) groups is 1. The maximum atomic E-state index is 13.6. The van der Waals surface area contributed by atoms with Gasteiger partial charge in [-0.25, -0.2) is 9.38 Å². The molecule has 0 atom stereocenters. The van der Waals surface area contributed by atoms with E-state index in [0.717, 1.165) is 0 Å². The summed E-state index contributed by atoms with van der Waals surface area (Å²) < 4.78 is 15.4. The van der Waals surface area contributed by atoms with Gasteiger partial charge in [0.1, 0.15) is 11.5 Å². The molecule has 20 heavy (non-hydrogen) atoms. The van der Waals surface area contributed by atoms with E-state index < -0.39 is 5.82 Å². The molecule has 0 saturated carbocycles. The molecular weight excluding hydrogens is 281 g/mol. The molecule has 2 aromatic rings. The first-order valence-electron chi connectivity index (χ1n) is 6.17. The van der Waals surface area contributed by atoms with Crippen molar-refractivity contribution in [2.24, 2.45) is 4.99 Å². The minimum absolute atomic E-state index is 0.00337. The standard InChI is InChI=1S/C14H15ClFN3O/c1-4-19-7-12(17-8-18(2)3)14(20)9-5-11(16)10(15)6-13(9)19/h5-8H,4H2,1-3H3.